The van der Waals surface area contributed by atoms with Gasteiger partial charge in [-0.2, -0.15) is 0 Å². The number of benzene rings is 2. The lowest BCUT2D eigenvalue weighted by Gasteiger charge is -2.21. The van der Waals surface area contributed by atoms with Gasteiger partial charge in [-0.3, -0.25) is 9.36 Å². The molecular formula is C20H23ClN3O3+. The van der Waals surface area contributed by atoms with Gasteiger partial charge in [-0.15, -0.1) is 0 Å². The molecule has 0 saturated carbocycles. The molecule has 0 fully saturated rings. The van der Waals surface area contributed by atoms with Crippen LogP contribution < -0.4 is 16.0 Å². The van der Waals surface area contributed by atoms with E-state index in [4.69, 9.17) is 16.0 Å². The number of aromatic nitrogens is 1. The Morgan fingerprint density at radius 3 is 2.67 bits per heavy atom. The van der Waals surface area contributed by atoms with Crippen molar-refractivity contribution in [3.05, 3.63) is 69.7 Å². The monoisotopic (exact) mass is 388 g/mol. The van der Waals surface area contributed by atoms with Gasteiger partial charge < -0.3 is 14.6 Å². The van der Waals surface area contributed by atoms with E-state index in [1.165, 1.54) is 9.47 Å². The lowest BCUT2D eigenvalue weighted by molar-refractivity contribution is -0.860. The molecule has 0 bridgehead atoms. The molecule has 0 aliphatic heterocycles. The van der Waals surface area contributed by atoms with Gasteiger partial charge in [0.05, 0.1) is 19.6 Å². The van der Waals surface area contributed by atoms with Crippen LogP contribution in [0.5, 0.6) is 0 Å². The first kappa shape index (κ1) is 19.2. The standard InChI is InChI=1S/C20H22ClN3O3/c1-23(2)13-16(14-6-4-3-5-7-14)22-19(25)10-11-24-17-9-8-15(21)12-18(17)27-20(24)26/h3-9,12,16H,10-11,13H2,1-2H3,(H,22,25)/p+1/t16-/m0/s1. The van der Waals surface area contributed by atoms with Gasteiger partial charge in [-0.1, -0.05) is 41.9 Å². The summed E-state index contributed by atoms with van der Waals surface area (Å²) in [6.45, 7) is 1.01. The molecule has 1 aromatic heterocycles. The van der Waals surface area contributed by atoms with E-state index in [-0.39, 0.29) is 24.9 Å². The van der Waals surface area contributed by atoms with Crippen molar-refractivity contribution in [2.45, 2.75) is 19.0 Å². The Morgan fingerprint density at radius 1 is 1.22 bits per heavy atom. The summed E-state index contributed by atoms with van der Waals surface area (Å²) in [5.41, 5.74) is 2.12. The molecule has 3 aromatic rings. The van der Waals surface area contributed by atoms with Gasteiger partial charge in [0.2, 0.25) is 5.91 Å². The number of carbonyl (C=O) groups excluding carboxylic acids is 1. The SMILES string of the molecule is C[NH+](C)C[C@H](NC(=O)CCn1c(=O)oc2cc(Cl)ccc21)c1ccccc1. The first-order chi connectivity index (χ1) is 12.9. The summed E-state index contributed by atoms with van der Waals surface area (Å²) >= 11 is 5.93. The predicted octanol–water partition coefficient (Wildman–Crippen LogP) is 1.64. The van der Waals surface area contributed by atoms with Crippen LogP contribution in [0.15, 0.2) is 57.7 Å². The van der Waals surface area contributed by atoms with Crippen molar-refractivity contribution in [3.8, 4) is 0 Å². The highest BCUT2D eigenvalue weighted by Crippen LogP contribution is 2.18. The molecule has 2 aromatic carbocycles. The van der Waals surface area contributed by atoms with E-state index in [1.54, 1.807) is 18.2 Å². The van der Waals surface area contributed by atoms with Crippen LogP contribution in [-0.2, 0) is 11.3 Å². The number of hydrogen-bond donors (Lipinski definition) is 2. The fraction of sp³-hybridized carbons (Fsp3) is 0.300. The Bertz CT molecular complexity index is 979. The maximum Gasteiger partial charge on any atom is 0.419 e. The van der Waals surface area contributed by atoms with Crippen molar-refractivity contribution >= 4 is 28.6 Å². The molecule has 0 spiro atoms. The lowest BCUT2D eigenvalue weighted by Crippen LogP contribution is -3.06. The second kappa shape index (κ2) is 8.41. The normalized spacial score (nSPS) is 12.4. The summed E-state index contributed by atoms with van der Waals surface area (Å²) in [7, 11) is 4.09. The molecule has 142 valence electrons. The topological polar surface area (TPSA) is 68.7 Å². The van der Waals surface area contributed by atoms with E-state index in [0.29, 0.717) is 16.1 Å². The van der Waals surface area contributed by atoms with Gasteiger partial charge in [0, 0.05) is 24.1 Å². The Kier molecular flexibility index (Phi) is 5.98. The molecule has 3 rings (SSSR count). The number of fused-ring (bicyclic) bond motifs is 1. The molecule has 7 heteroatoms. The average Bonchev–Trinajstić information content (AvgIpc) is 2.94. The zero-order valence-electron chi connectivity index (χ0n) is 15.4. The van der Waals surface area contributed by atoms with Gasteiger partial charge in [0.25, 0.3) is 0 Å². The van der Waals surface area contributed by atoms with Crippen molar-refractivity contribution in [3.63, 3.8) is 0 Å². The third-order valence-electron chi connectivity index (χ3n) is 4.34. The second-order valence-electron chi connectivity index (χ2n) is 6.82. The van der Waals surface area contributed by atoms with E-state index in [2.05, 4.69) is 5.32 Å². The number of nitrogens with zero attached hydrogens (tertiary/aromatic N) is 1. The molecule has 0 aliphatic carbocycles. The minimum absolute atomic E-state index is 0.0830. The molecule has 2 N–H and O–H groups in total. The van der Waals surface area contributed by atoms with E-state index < -0.39 is 5.76 Å². The van der Waals surface area contributed by atoms with Crippen LogP contribution in [0.3, 0.4) is 0 Å². The zero-order chi connectivity index (χ0) is 19.4. The molecule has 27 heavy (non-hydrogen) atoms. The van der Waals surface area contributed by atoms with Crippen LogP contribution in [0, 0.1) is 0 Å². The third-order valence-corrected chi connectivity index (χ3v) is 4.58. The van der Waals surface area contributed by atoms with Crippen molar-refractivity contribution in [1.82, 2.24) is 9.88 Å². The summed E-state index contributed by atoms with van der Waals surface area (Å²) in [5, 5.41) is 3.58. The minimum Gasteiger partial charge on any atom is -0.408 e. The van der Waals surface area contributed by atoms with Crippen LogP contribution in [0.2, 0.25) is 5.02 Å². The predicted molar refractivity (Wildman–Crippen MR) is 105 cm³/mol. The molecule has 6 nitrogen and oxygen atoms in total. The van der Waals surface area contributed by atoms with Crippen LogP contribution in [0.4, 0.5) is 0 Å². The number of carbonyl (C=O) groups is 1. The fourth-order valence-electron chi connectivity index (χ4n) is 3.08. The maximum absolute atomic E-state index is 12.5. The van der Waals surface area contributed by atoms with E-state index in [9.17, 15) is 9.59 Å². The largest absolute Gasteiger partial charge is 0.419 e. The van der Waals surface area contributed by atoms with Gasteiger partial charge in [-0.05, 0) is 17.7 Å². The van der Waals surface area contributed by atoms with Crippen molar-refractivity contribution < 1.29 is 14.1 Å². The number of hydrogen-bond acceptors (Lipinski definition) is 3. The number of quaternary nitrogens is 1. The molecule has 0 radical (unpaired) electrons. The van der Waals surface area contributed by atoms with Gasteiger partial charge in [0.15, 0.2) is 5.58 Å². The highest BCUT2D eigenvalue weighted by Gasteiger charge is 2.18. The van der Waals surface area contributed by atoms with Gasteiger partial charge in [0.1, 0.15) is 12.6 Å². The minimum atomic E-state index is -0.489. The molecule has 1 atom stereocenters. The number of halogens is 1. The molecule has 1 amide bonds. The zero-order valence-corrected chi connectivity index (χ0v) is 16.1. The smallest absolute Gasteiger partial charge is 0.408 e. The number of rotatable bonds is 7. The summed E-state index contributed by atoms with van der Waals surface area (Å²) in [6, 6.07) is 14.8. The molecule has 0 saturated heterocycles. The summed E-state index contributed by atoms with van der Waals surface area (Å²) in [6.07, 6.45) is 0.184. The third kappa shape index (κ3) is 4.78. The first-order valence-electron chi connectivity index (χ1n) is 8.86. The first-order valence-corrected chi connectivity index (χ1v) is 9.24. The molecule has 0 unspecified atom stereocenters. The molecular weight excluding hydrogens is 366 g/mol. The Labute approximate surface area is 162 Å². The summed E-state index contributed by atoms with van der Waals surface area (Å²) < 4.78 is 6.66. The van der Waals surface area contributed by atoms with Gasteiger partial charge >= 0.3 is 5.76 Å². The van der Waals surface area contributed by atoms with E-state index in [1.807, 2.05) is 44.4 Å². The highest BCUT2D eigenvalue weighted by atomic mass is 35.5. The van der Waals surface area contributed by atoms with Crippen molar-refractivity contribution in [2.24, 2.45) is 0 Å². The summed E-state index contributed by atoms with van der Waals surface area (Å²) in [5.74, 6) is -0.599. The highest BCUT2D eigenvalue weighted by molar-refractivity contribution is 6.31. The summed E-state index contributed by atoms with van der Waals surface area (Å²) in [4.78, 5) is 25.8. The number of likely N-dealkylation sites (N-methyl/N-ethyl adjacent to an activating group) is 1. The molecule has 1 heterocycles. The van der Waals surface area contributed by atoms with Gasteiger partial charge in [-0.25, -0.2) is 4.79 Å². The molecule has 0 aliphatic rings. The second-order valence-corrected chi connectivity index (χ2v) is 7.26. The number of amides is 1. The van der Waals surface area contributed by atoms with Crippen LogP contribution >= 0.6 is 11.6 Å². The van der Waals surface area contributed by atoms with E-state index >= 15 is 0 Å². The van der Waals surface area contributed by atoms with Crippen LogP contribution in [-0.4, -0.2) is 31.1 Å². The number of oxazole rings is 1. The van der Waals surface area contributed by atoms with Crippen molar-refractivity contribution in [1.29, 1.82) is 0 Å². The fourth-order valence-corrected chi connectivity index (χ4v) is 3.24. The lowest BCUT2D eigenvalue weighted by atomic mass is 10.1. The van der Waals surface area contributed by atoms with E-state index in [0.717, 1.165) is 12.1 Å². The van der Waals surface area contributed by atoms with Crippen LogP contribution in [0.25, 0.3) is 11.1 Å². The Hall–Kier alpha value is -2.57. The maximum atomic E-state index is 12.5. The number of nitrogens with one attached hydrogen (secondary N) is 2. The van der Waals surface area contributed by atoms with Crippen LogP contribution in [0.1, 0.15) is 18.0 Å². The average molecular weight is 389 g/mol. The Morgan fingerprint density at radius 2 is 1.96 bits per heavy atom. The number of aryl methyl sites for hydroxylation is 1. The van der Waals surface area contributed by atoms with Crippen molar-refractivity contribution in [2.75, 3.05) is 20.6 Å². The Balaban J connectivity index is 1.70. The quantitative estimate of drug-likeness (QED) is 0.646.